The molecule has 1 aliphatic rings. The van der Waals surface area contributed by atoms with E-state index in [1.165, 1.54) is 0 Å². The quantitative estimate of drug-likeness (QED) is 0.906. The second kappa shape index (κ2) is 7.96. The largest absolute Gasteiger partial charge is 0.497 e. The minimum absolute atomic E-state index is 0.0122. The number of likely N-dealkylation sites (tertiary alicyclic amines) is 1. The van der Waals surface area contributed by atoms with Gasteiger partial charge in [-0.3, -0.25) is 4.79 Å². The Morgan fingerprint density at radius 2 is 1.96 bits per heavy atom. The monoisotopic (exact) mass is 340 g/mol. The van der Waals surface area contributed by atoms with Gasteiger partial charge in [-0.25, -0.2) is 9.97 Å². The van der Waals surface area contributed by atoms with Crippen LogP contribution in [0, 0.1) is 5.92 Å². The molecule has 1 aliphatic heterocycles. The van der Waals surface area contributed by atoms with Crippen LogP contribution in [0.15, 0.2) is 36.5 Å². The summed E-state index contributed by atoms with van der Waals surface area (Å²) in [6.45, 7) is 4.42. The zero-order chi connectivity index (χ0) is 17.6. The van der Waals surface area contributed by atoms with E-state index in [0.29, 0.717) is 24.1 Å². The summed E-state index contributed by atoms with van der Waals surface area (Å²) < 4.78 is 5.15. The van der Waals surface area contributed by atoms with Crippen LogP contribution in [0.25, 0.3) is 0 Å². The molecule has 0 aliphatic carbocycles. The summed E-state index contributed by atoms with van der Waals surface area (Å²) in [5.74, 6) is 1.97. The van der Waals surface area contributed by atoms with Crippen molar-refractivity contribution in [1.82, 2.24) is 14.9 Å². The lowest BCUT2D eigenvalue weighted by Crippen LogP contribution is -2.38. The minimum Gasteiger partial charge on any atom is -0.497 e. The summed E-state index contributed by atoms with van der Waals surface area (Å²) in [7, 11) is 1.65. The van der Waals surface area contributed by atoms with Gasteiger partial charge in [0.15, 0.2) is 0 Å². The normalized spacial score (nSPS) is 15.0. The van der Waals surface area contributed by atoms with E-state index in [1.807, 2.05) is 29.2 Å². The predicted molar refractivity (Wildman–Crippen MR) is 96.7 cm³/mol. The maximum Gasteiger partial charge on any atom is 0.272 e. The van der Waals surface area contributed by atoms with Crippen molar-refractivity contribution in [1.29, 1.82) is 0 Å². The molecule has 25 heavy (non-hydrogen) atoms. The number of nitrogens with zero attached hydrogens (tertiary/aromatic N) is 3. The van der Waals surface area contributed by atoms with Crippen LogP contribution in [-0.2, 0) is 6.54 Å². The van der Waals surface area contributed by atoms with E-state index in [0.717, 1.165) is 37.2 Å². The number of aromatic nitrogens is 2. The molecule has 0 bridgehead atoms. The number of piperidine rings is 1. The highest BCUT2D eigenvalue weighted by molar-refractivity contribution is 5.92. The van der Waals surface area contributed by atoms with Gasteiger partial charge in [0.25, 0.3) is 5.91 Å². The van der Waals surface area contributed by atoms with Crippen molar-refractivity contribution in [3.05, 3.63) is 47.8 Å². The minimum atomic E-state index is -0.0122. The Morgan fingerprint density at radius 3 is 2.64 bits per heavy atom. The zero-order valence-electron chi connectivity index (χ0n) is 14.7. The second-order valence-corrected chi connectivity index (χ2v) is 6.44. The molecule has 2 heterocycles. The molecule has 1 fully saturated rings. The molecular formula is C19H24N4O2. The maximum atomic E-state index is 12.6. The summed E-state index contributed by atoms with van der Waals surface area (Å²) in [6.07, 6.45) is 3.74. The van der Waals surface area contributed by atoms with E-state index in [4.69, 9.17) is 4.74 Å². The van der Waals surface area contributed by atoms with E-state index >= 15 is 0 Å². The molecule has 0 radical (unpaired) electrons. The molecule has 1 aromatic heterocycles. The van der Waals surface area contributed by atoms with Crippen LogP contribution in [0.5, 0.6) is 5.75 Å². The third-order valence-electron chi connectivity index (χ3n) is 4.56. The Morgan fingerprint density at radius 1 is 1.24 bits per heavy atom. The molecule has 0 atom stereocenters. The van der Waals surface area contributed by atoms with Crippen LogP contribution >= 0.6 is 0 Å². The number of methoxy groups -OCH3 is 1. The molecule has 3 rings (SSSR count). The summed E-state index contributed by atoms with van der Waals surface area (Å²) in [6, 6.07) is 9.47. The van der Waals surface area contributed by atoms with Crippen LogP contribution in [0.2, 0.25) is 0 Å². The van der Waals surface area contributed by atoms with E-state index in [2.05, 4.69) is 22.2 Å². The number of rotatable bonds is 5. The SMILES string of the molecule is COc1ccc(CNc2nccc(C(=O)N3CCC(C)CC3)n2)cc1. The van der Waals surface area contributed by atoms with Crippen molar-refractivity contribution in [2.24, 2.45) is 5.92 Å². The average Bonchev–Trinajstić information content (AvgIpc) is 2.67. The molecule has 0 saturated carbocycles. The first-order valence-electron chi connectivity index (χ1n) is 8.65. The highest BCUT2D eigenvalue weighted by atomic mass is 16.5. The predicted octanol–water partition coefficient (Wildman–Crippen LogP) is 2.97. The van der Waals surface area contributed by atoms with Crippen molar-refractivity contribution < 1.29 is 9.53 Å². The van der Waals surface area contributed by atoms with Gasteiger partial charge in [0.1, 0.15) is 11.4 Å². The highest BCUT2D eigenvalue weighted by Crippen LogP contribution is 2.18. The van der Waals surface area contributed by atoms with Crippen molar-refractivity contribution in [2.75, 3.05) is 25.5 Å². The molecule has 6 nitrogen and oxygen atoms in total. The third-order valence-corrected chi connectivity index (χ3v) is 4.56. The molecule has 1 saturated heterocycles. The zero-order valence-corrected chi connectivity index (χ0v) is 14.7. The number of ether oxygens (including phenoxy) is 1. The van der Waals surface area contributed by atoms with Crippen LogP contribution in [0.1, 0.15) is 35.8 Å². The van der Waals surface area contributed by atoms with Gasteiger partial charge in [0, 0.05) is 25.8 Å². The fourth-order valence-electron chi connectivity index (χ4n) is 2.86. The number of carbonyl (C=O) groups excluding carboxylic acids is 1. The average molecular weight is 340 g/mol. The van der Waals surface area contributed by atoms with Crippen molar-refractivity contribution in [3.8, 4) is 5.75 Å². The van der Waals surface area contributed by atoms with Gasteiger partial charge in [-0.05, 0) is 42.5 Å². The third kappa shape index (κ3) is 4.47. The topological polar surface area (TPSA) is 67.3 Å². The van der Waals surface area contributed by atoms with E-state index in [1.54, 1.807) is 19.4 Å². The molecule has 1 N–H and O–H groups in total. The lowest BCUT2D eigenvalue weighted by Gasteiger charge is -2.30. The van der Waals surface area contributed by atoms with Crippen molar-refractivity contribution >= 4 is 11.9 Å². The van der Waals surface area contributed by atoms with Gasteiger partial charge in [-0.2, -0.15) is 0 Å². The number of hydrogen-bond donors (Lipinski definition) is 1. The first kappa shape index (κ1) is 17.2. The van der Waals surface area contributed by atoms with Gasteiger partial charge < -0.3 is 15.0 Å². The Bertz CT molecular complexity index is 710. The lowest BCUT2D eigenvalue weighted by atomic mass is 9.99. The Labute approximate surface area is 148 Å². The fourth-order valence-corrected chi connectivity index (χ4v) is 2.86. The number of amides is 1. The van der Waals surface area contributed by atoms with Crippen LogP contribution in [0.4, 0.5) is 5.95 Å². The Hall–Kier alpha value is -2.63. The van der Waals surface area contributed by atoms with Gasteiger partial charge >= 0.3 is 0 Å². The van der Waals surface area contributed by atoms with Gasteiger partial charge in [-0.1, -0.05) is 19.1 Å². The molecule has 0 spiro atoms. The molecule has 0 unspecified atom stereocenters. The number of hydrogen-bond acceptors (Lipinski definition) is 5. The molecular weight excluding hydrogens is 316 g/mol. The van der Waals surface area contributed by atoms with Gasteiger partial charge in [0.05, 0.1) is 7.11 Å². The van der Waals surface area contributed by atoms with Crippen molar-refractivity contribution in [3.63, 3.8) is 0 Å². The van der Waals surface area contributed by atoms with E-state index in [-0.39, 0.29) is 5.91 Å². The highest BCUT2D eigenvalue weighted by Gasteiger charge is 2.22. The molecule has 1 aromatic carbocycles. The first-order valence-corrected chi connectivity index (χ1v) is 8.65. The summed E-state index contributed by atoms with van der Waals surface area (Å²) in [5, 5.41) is 3.17. The number of anilines is 1. The lowest BCUT2D eigenvalue weighted by molar-refractivity contribution is 0.0691. The fraction of sp³-hybridized carbons (Fsp3) is 0.421. The number of benzene rings is 1. The summed E-state index contributed by atoms with van der Waals surface area (Å²) in [5.41, 5.74) is 1.54. The standard InChI is InChI=1S/C19H24N4O2/c1-14-8-11-23(12-9-14)18(24)17-7-10-20-19(22-17)21-13-15-3-5-16(25-2)6-4-15/h3-7,10,14H,8-9,11-13H2,1-2H3,(H,20,21,22). The summed E-state index contributed by atoms with van der Waals surface area (Å²) >= 11 is 0. The van der Waals surface area contributed by atoms with Crippen LogP contribution in [-0.4, -0.2) is 41.0 Å². The second-order valence-electron chi connectivity index (χ2n) is 6.44. The summed E-state index contributed by atoms with van der Waals surface area (Å²) in [4.78, 5) is 23.1. The van der Waals surface area contributed by atoms with Gasteiger partial charge in [-0.15, -0.1) is 0 Å². The molecule has 1 amide bonds. The Kier molecular flexibility index (Phi) is 5.48. The molecule has 132 valence electrons. The number of carbonyl (C=O) groups is 1. The number of nitrogens with one attached hydrogen (secondary N) is 1. The van der Waals surface area contributed by atoms with E-state index in [9.17, 15) is 4.79 Å². The first-order chi connectivity index (χ1) is 12.2. The molecule has 6 heteroatoms. The van der Waals surface area contributed by atoms with Gasteiger partial charge in [0.2, 0.25) is 5.95 Å². The van der Waals surface area contributed by atoms with Crippen LogP contribution < -0.4 is 10.1 Å². The van der Waals surface area contributed by atoms with Crippen LogP contribution in [0.3, 0.4) is 0 Å². The maximum absolute atomic E-state index is 12.6. The van der Waals surface area contributed by atoms with Crippen molar-refractivity contribution in [2.45, 2.75) is 26.3 Å². The Balaban J connectivity index is 1.61. The molecule has 2 aromatic rings. The smallest absolute Gasteiger partial charge is 0.272 e. The van der Waals surface area contributed by atoms with E-state index < -0.39 is 0 Å².